The highest BCUT2D eigenvalue weighted by Gasteiger charge is 2.43. The lowest BCUT2D eigenvalue weighted by atomic mass is 9.71. The van der Waals surface area contributed by atoms with Crippen molar-refractivity contribution in [2.45, 2.75) is 83.5 Å². The average Bonchev–Trinajstić information content (AvgIpc) is 3.10. The first-order valence-electron chi connectivity index (χ1n) is 9.17. The Kier molecular flexibility index (Phi) is 3.46. The molecule has 2 bridgehead atoms. The standard InChI is InChI=1S/C19H30/c1-3-7-14(8-4-1)18-16-11-12-17(13-16)19(18)15-9-5-2-6-10-15/h14-17H,1-13H2. The fraction of sp³-hybridized carbons (Fsp3) is 0.895. The lowest BCUT2D eigenvalue weighted by molar-refractivity contribution is 0.345. The molecule has 0 radical (unpaired) electrons. The van der Waals surface area contributed by atoms with Crippen LogP contribution in [0.15, 0.2) is 11.1 Å². The van der Waals surface area contributed by atoms with Crippen LogP contribution < -0.4 is 0 Å². The lowest BCUT2D eigenvalue weighted by Gasteiger charge is -2.34. The molecule has 0 aromatic carbocycles. The molecule has 3 fully saturated rings. The van der Waals surface area contributed by atoms with Crippen LogP contribution in [-0.2, 0) is 0 Å². The highest BCUT2D eigenvalue weighted by Crippen LogP contribution is 2.56. The molecule has 106 valence electrons. The summed E-state index contributed by atoms with van der Waals surface area (Å²) in [6, 6.07) is 0. The van der Waals surface area contributed by atoms with Gasteiger partial charge in [-0.05, 0) is 68.6 Å². The summed E-state index contributed by atoms with van der Waals surface area (Å²) in [7, 11) is 0. The molecule has 0 amide bonds. The van der Waals surface area contributed by atoms with Gasteiger partial charge in [-0.15, -0.1) is 0 Å². The first kappa shape index (κ1) is 12.5. The molecular formula is C19H30. The molecule has 4 aliphatic carbocycles. The zero-order valence-electron chi connectivity index (χ0n) is 12.5. The minimum atomic E-state index is 1.03. The Labute approximate surface area is 119 Å². The van der Waals surface area contributed by atoms with Gasteiger partial charge in [0.25, 0.3) is 0 Å². The number of hydrogen-bond acceptors (Lipinski definition) is 0. The highest BCUT2D eigenvalue weighted by atomic mass is 14.5. The van der Waals surface area contributed by atoms with E-state index in [1.165, 1.54) is 64.2 Å². The first-order valence-corrected chi connectivity index (χ1v) is 9.17. The molecule has 4 rings (SSSR count). The van der Waals surface area contributed by atoms with E-state index >= 15 is 0 Å². The molecule has 0 spiro atoms. The van der Waals surface area contributed by atoms with Crippen LogP contribution in [0.4, 0.5) is 0 Å². The lowest BCUT2D eigenvalue weighted by Crippen LogP contribution is -2.21. The average molecular weight is 258 g/mol. The van der Waals surface area contributed by atoms with Crippen LogP contribution in [0.5, 0.6) is 0 Å². The quantitative estimate of drug-likeness (QED) is 0.543. The zero-order chi connectivity index (χ0) is 12.7. The minimum Gasteiger partial charge on any atom is -0.0642 e. The van der Waals surface area contributed by atoms with Crippen LogP contribution in [-0.4, -0.2) is 0 Å². The van der Waals surface area contributed by atoms with E-state index in [0.717, 1.165) is 23.7 Å². The van der Waals surface area contributed by atoms with Crippen LogP contribution in [0, 0.1) is 23.7 Å². The van der Waals surface area contributed by atoms with E-state index in [0.29, 0.717) is 0 Å². The third-order valence-corrected chi connectivity index (χ3v) is 6.74. The van der Waals surface area contributed by atoms with Crippen LogP contribution >= 0.6 is 0 Å². The van der Waals surface area contributed by atoms with Crippen LogP contribution in [0.3, 0.4) is 0 Å². The summed E-state index contributed by atoms with van der Waals surface area (Å²) in [5.41, 5.74) is 4.12. The first-order chi connectivity index (χ1) is 9.43. The molecule has 0 heteroatoms. The van der Waals surface area contributed by atoms with E-state index < -0.39 is 0 Å². The summed E-state index contributed by atoms with van der Waals surface area (Å²) >= 11 is 0. The summed E-state index contributed by atoms with van der Waals surface area (Å²) in [6.45, 7) is 0. The fourth-order valence-electron chi connectivity index (χ4n) is 5.98. The Hall–Kier alpha value is -0.260. The Morgan fingerprint density at radius 1 is 0.421 bits per heavy atom. The van der Waals surface area contributed by atoms with E-state index in [2.05, 4.69) is 11.1 Å². The summed E-state index contributed by atoms with van der Waals surface area (Å²) in [5.74, 6) is 4.15. The molecule has 3 saturated carbocycles. The monoisotopic (exact) mass is 258 g/mol. The molecule has 4 aliphatic rings. The van der Waals surface area contributed by atoms with Gasteiger partial charge < -0.3 is 0 Å². The minimum absolute atomic E-state index is 1.03. The van der Waals surface area contributed by atoms with Crippen molar-refractivity contribution in [3.63, 3.8) is 0 Å². The van der Waals surface area contributed by atoms with E-state index in [4.69, 9.17) is 0 Å². The van der Waals surface area contributed by atoms with Crippen molar-refractivity contribution in [3.05, 3.63) is 11.1 Å². The van der Waals surface area contributed by atoms with Gasteiger partial charge in [-0.3, -0.25) is 0 Å². The predicted molar refractivity (Wildman–Crippen MR) is 81.0 cm³/mol. The van der Waals surface area contributed by atoms with E-state index in [-0.39, 0.29) is 0 Å². The summed E-state index contributed by atoms with van der Waals surface area (Å²) in [6.07, 6.45) is 19.9. The van der Waals surface area contributed by atoms with Crippen molar-refractivity contribution in [3.8, 4) is 0 Å². The normalized spacial score (nSPS) is 37.3. The fourth-order valence-corrected chi connectivity index (χ4v) is 5.98. The molecule has 2 unspecified atom stereocenters. The Bertz CT molecular complexity index is 318. The number of fused-ring (bicyclic) bond motifs is 2. The molecule has 0 saturated heterocycles. The van der Waals surface area contributed by atoms with Crippen molar-refractivity contribution in [2.75, 3.05) is 0 Å². The topological polar surface area (TPSA) is 0 Å². The summed E-state index contributed by atoms with van der Waals surface area (Å²) in [4.78, 5) is 0. The summed E-state index contributed by atoms with van der Waals surface area (Å²) < 4.78 is 0. The summed E-state index contributed by atoms with van der Waals surface area (Å²) in [5, 5.41) is 0. The molecule has 0 aromatic rings. The maximum absolute atomic E-state index is 2.06. The maximum atomic E-state index is 2.06. The van der Waals surface area contributed by atoms with Gasteiger partial charge in [-0.2, -0.15) is 0 Å². The molecule has 19 heavy (non-hydrogen) atoms. The molecule has 2 atom stereocenters. The van der Waals surface area contributed by atoms with Crippen LogP contribution in [0.1, 0.15) is 83.5 Å². The van der Waals surface area contributed by atoms with Crippen molar-refractivity contribution in [1.82, 2.24) is 0 Å². The SMILES string of the molecule is C1CCC(C2=C(C3CCCCC3)C3CCC2C3)CC1. The van der Waals surface area contributed by atoms with E-state index in [1.54, 1.807) is 19.3 Å². The second-order valence-electron chi connectivity index (χ2n) is 7.79. The van der Waals surface area contributed by atoms with E-state index in [1.807, 2.05) is 0 Å². The largest absolute Gasteiger partial charge is 0.0642 e. The van der Waals surface area contributed by atoms with Gasteiger partial charge >= 0.3 is 0 Å². The Morgan fingerprint density at radius 2 is 0.842 bits per heavy atom. The number of hydrogen-bond donors (Lipinski definition) is 0. The van der Waals surface area contributed by atoms with Gasteiger partial charge in [0.05, 0.1) is 0 Å². The van der Waals surface area contributed by atoms with Gasteiger partial charge in [-0.1, -0.05) is 49.7 Å². The highest BCUT2D eigenvalue weighted by molar-refractivity contribution is 5.33. The zero-order valence-corrected chi connectivity index (χ0v) is 12.5. The van der Waals surface area contributed by atoms with Crippen molar-refractivity contribution >= 4 is 0 Å². The van der Waals surface area contributed by atoms with Gasteiger partial charge in [0, 0.05) is 0 Å². The molecule has 0 heterocycles. The third kappa shape index (κ3) is 2.20. The Morgan fingerprint density at radius 3 is 1.26 bits per heavy atom. The molecule has 0 N–H and O–H groups in total. The third-order valence-electron chi connectivity index (χ3n) is 6.74. The van der Waals surface area contributed by atoms with Gasteiger partial charge in [0.15, 0.2) is 0 Å². The van der Waals surface area contributed by atoms with Gasteiger partial charge in [-0.25, -0.2) is 0 Å². The number of allylic oxidation sites excluding steroid dienone is 2. The van der Waals surface area contributed by atoms with Crippen LogP contribution in [0.2, 0.25) is 0 Å². The second-order valence-corrected chi connectivity index (χ2v) is 7.79. The maximum Gasteiger partial charge on any atom is -0.0192 e. The second kappa shape index (κ2) is 5.26. The molecule has 0 nitrogen and oxygen atoms in total. The van der Waals surface area contributed by atoms with Crippen LogP contribution in [0.25, 0.3) is 0 Å². The van der Waals surface area contributed by atoms with Crippen molar-refractivity contribution in [2.24, 2.45) is 23.7 Å². The smallest absolute Gasteiger partial charge is 0.0192 e. The van der Waals surface area contributed by atoms with Gasteiger partial charge in [0.2, 0.25) is 0 Å². The van der Waals surface area contributed by atoms with Gasteiger partial charge in [0.1, 0.15) is 0 Å². The van der Waals surface area contributed by atoms with E-state index in [9.17, 15) is 0 Å². The molecule has 0 aliphatic heterocycles. The predicted octanol–water partition coefficient (Wildman–Crippen LogP) is 5.87. The molecular weight excluding hydrogens is 228 g/mol. The number of rotatable bonds is 2. The van der Waals surface area contributed by atoms with Crippen molar-refractivity contribution < 1.29 is 0 Å². The van der Waals surface area contributed by atoms with Crippen molar-refractivity contribution in [1.29, 1.82) is 0 Å². The Balaban J connectivity index is 1.63. The molecule has 0 aromatic heterocycles.